The number of thiazole rings is 1. The molecule has 1 fully saturated rings. The fraction of sp³-hybridized carbons (Fsp3) is 0.300. The molecule has 1 amide bonds. The summed E-state index contributed by atoms with van der Waals surface area (Å²) in [6.07, 6.45) is 5.04. The van der Waals surface area contributed by atoms with Crippen LogP contribution in [0.3, 0.4) is 0 Å². The molecule has 0 aliphatic heterocycles. The molecule has 1 heterocycles. The van der Waals surface area contributed by atoms with Gasteiger partial charge in [0.05, 0.1) is 25.7 Å². The Bertz CT molecular complexity index is 910. The average Bonchev–Trinajstić information content (AvgIpc) is 3.04. The topological polar surface area (TPSA) is 42.0 Å². The Hall–Kier alpha value is -1.62. The Morgan fingerprint density at radius 3 is 2.46 bits per heavy atom. The van der Waals surface area contributed by atoms with E-state index in [9.17, 15) is 4.79 Å². The normalized spacial score (nSPS) is 16.5. The molecular formula is C20H18Cl2N2OS. The van der Waals surface area contributed by atoms with Crippen LogP contribution in [0.5, 0.6) is 0 Å². The molecule has 0 bridgehead atoms. The zero-order valence-corrected chi connectivity index (χ0v) is 16.4. The second-order valence-corrected chi connectivity index (χ2v) is 8.56. The number of carbonyl (C=O) groups excluding carboxylic acids is 1. The predicted octanol–water partition coefficient (Wildman–Crippen LogP) is 6.44. The van der Waals surface area contributed by atoms with E-state index in [1.165, 1.54) is 17.8 Å². The highest BCUT2D eigenvalue weighted by atomic mass is 35.5. The van der Waals surface area contributed by atoms with Crippen LogP contribution < -0.4 is 5.32 Å². The van der Waals surface area contributed by atoms with Crippen molar-refractivity contribution in [1.82, 2.24) is 4.98 Å². The first-order valence-electron chi connectivity index (χ1n) is 8.71. The molecule has 1 saturated carbocycles. The van der Waals surface area contributed by atoms with Gasteiger partial charge in [-0.15, -0.1) is 0 Å². The van der Waals surface area contributed by atoms with Crippen LogP contribution in [0, 0.1) is 0 Å². The highest BCUT2D eigenvalue weighted by molar-refractivity contribution is 7.22. The summed E-state index contributed by atoms with van der Waals surface area (Å²) in [5.41, 5.74) is 1.36. The molecular weight excluding hydrogens is 387 g/mol. The number of fused-ring (bicyclic) bond motifs is 1. The third-order valence-corrected chi connectivity index (χ3v) is 6.77. The van der Waals surface area contributed by atoms with Gasteiger partial charge in [0, 0.05) is 0 Å². The van der Waals surface area contributed by atoms with Gasteiger partial charge in [-0.05, 0) is 30.5 Å². The second kappa shape index (κ2) is 7.18. The number of anilines is 1. The number of nitrogens with zero attached hydrogens (tertiary/aromatic N) is 1. The van der Waals surface area contributed by atoms with E-state index in [0.717, 1.165) is 41.5 Å². The van der Waals surface area contributed by atoms with Crippen molar-refractivity contribution in [1.29, 1.82) is 0 Å². The van der Waals surface area contributed by atoms with E-state index in [0.29, 0.717) is 15.2 Å². The van der Waals surface area contributed by atoms with Crippen molar-refractivity contribution in [3.8, 4) is 0 Å². The smallest absolute Gasteiger partial charge is 0.236 e. The SMILES string of the molecule is O=C(Nc1nc2cc(Cl)c(Cl)cc2s1)C1(c2ccccc2)CCCCC1. The number of carbonyl (C=O) groups is 1. The maximum atomic E-state index is 13.3. The van der Waals surface area contributed by atoms with Crippen LogP contribution in [-0.4, -0.2) is 10.9 Å². The lowest BCUT2D eigenvalue weighted by Gasteiger charge is -2.36. The van der Waals surface area contributed by atoms with Crippen molar-refractivity contribution in [2.24, 2.45) is 0 Å². The Labute approximate surface area is 166 Å². The second-order valence-electron chi connectivity index (χ2n) is 6.72. The summed E-state index contributed by atoms with van der Waals surface area (Å²) < 4.78 is 0.909. The van der Waals surface area contributed by atoms with Crippen molar-refractivity contribution in [2.45, 2.75) is 37.5 Å². The molecule has 6 heteroatoms. The fourth-order valence-electron chi connectivity index (χ4n) is 3.75. The van der Waals surface area contributed by atoms with Crippen molar-refractivity contribution < 1.29 is 4.79 Å². The van der Waals surface area contributed by atoms with Crippen LogP contribution >= 0.6 is 34.5 Å². The first-order chi connectivity index (χ1) is 12.6. The van der Waals surface area contributed by atoms with E-state index < -0.39 is 5.41 Å². The number of amides is 1. The first kappa shape index (κ1) is 17.8. The van der Waals surface area contributed by atoms with Gasteiger partial charge in [-0.25, -0.2) is 4.98 Å². The summed E-state index contributed by atoms with van der Waals surface area (Å²) in [6.45, 7) is 0. The molecule has 0 spiro atoms. The van der Waals surface area contributed by atoms with Gasteiger partial charge < -0.3 is 5.32 Å². The number of halogens is 2. The maximum Gasteiger partial charge on any atom is 0.236 e. The van der Waals surface area contributed by atoms with E-state index in [4.69, 9.17) is 23.2 Å². The number of hydrogen-bond acceptors (Lipinski definition) is 3. The van der Waals surface area contributed by atoms with Crippen LogP contribution in [-0.2, 0) is 10.2 Å². The minimum absolute atomic E-state index is 0.0275. The van der Waals surface area contributed by atoms with E-state index in [-0.39, 0.29) is 5.91 Å². The molecule has 1 aromatic heterocycles. The van der Waals surface area contributed by atoms with E-state index in [2.05, 4.69) is 22.4 Å². The maximum absolute atomic E-state index is 13.3. The van der Waals surface area contributed by atoms with Gasteiger partial charge in [0.15, 0.2) is 5.13 Å². The minimum Gasteiger partial charge on any atom is -0.301 e. The molecule has 0 unspecified atom stereocenters. The van der Waals surface area contributed by atoms with Crippen LogP contribution in [0.1, 0.15) is 37.7 Å². The summed E-state index contributed by atoms with van der Waals surface area (Å²) in [4.78, 5) is 17.8. The van der Waals surface area contributed by atoms with E-state index in [1.807, 2.05) is 18.2 Å². The molecule has 0 saturated heterocycles. The van der Waals surface area contributed by atoms with Gasteiger partial charge in [-0.2, -0.15) is 0 Å². The molecule has 1 aliphatic rings. The third-order valence-electron chi connectivity index (χ3n) is 5.12. The first-order valence-corrected chi connectivity index (χ1v) is 10.3. The monoisotopic (exact) mass is 404 g/mol. The Morgan fingerprint density at radius 1 is 1.04 bits per heavy atom. The highest BCUT2D eigenvalue weighted by Gasteiger charge is 2.41. The van der Waals surface area contributed by atoms with Gasteiger partial charge in [0.1, 0.15) is 0 Å². The van der Waals surface area contributed by atoms with Gasteiger partial charge in [-0.3, -0.25) is 4.79 Å². The van der Waals surface area contributed by atoms with Crippen molar-refractivity contribution >= 4 is 55.8 Å². The minimum atomic E-state index is -0.480. The molecule has 0 atom stereocenters. The molecule has 0 radical (unpaired) electrons. The lowest BCUT2D eigenvalue weighted by atomic mass is 9.69. The van der Waals surface area contributed by atoms with Crippen LogP contribution in [0.25, 0.3) is 10.2 Å². The zero-order valence-electron chi connectivity index (χ0n) is 14.1. The quantitative estimate of drug-likeness (QED) is 0.545. The van der Waals surface area contributed by atoms with E-state index in [1.54, 1.807) is 12.1 Å². The third kappa shape index (κ3) is 3.22. The number of aromatic nitrogens is 1. The largest absolute Gasteiger partial charge is 0.301 e. The summed E-state index contributed by atoms with van der Waals surface area (Å²) in [6, 6.07) is 13.6. The van der Waals surface area contributed by atoms with Gasteiger partial charge in [-0.1, -0.05) is 84.1 Å². The number of rotatable bonds is 3. The molecule has 1 N–H and O–H groups in total. The molecule has 4 rings (SSSR count). The van der Waals surface area contributed by atoms with Crippen LogP contribution in [0.15, 0.2) is 42.5 Å². The standard InChI is InChI=1S/C20H18Cl2N2OS/c21-14-11-16-17(12-15(14)22)26-19(23-16)24-18(25)20(9-5-2-6-10-20)13-7-3-1-4-8-13/h1,3-4,7-8,11-12H,2,5-6,9-10H2,(H,23,24,25). The summed E-state index contributed by atoms with van der Waals surface area (Å²) in [5, 5.41) is 4.61. The van der Waals surface area contributed by atoms with Gasteiger partial charge in [0.25, 0.3) is 0 Å². The molecule has 26 heavy (non-hydrogen) atoms. The Morgan fingerprint density at radius 2 is 1.73 bits per heavy atom. The predicted molar refractivity (Wildman–Crippen MR) is 109 cm³/mol. The van der Waals surface area contributed by atoms with Crippen molar-refractivity contribution in [3.05, 3.63) is 58.1 Å². The molecule has 2 aromatic carbocycles. The van der Waals surface area contributed by atoms with E-state index >= 15 is 0 Å². The molecule has 3 aromatic rings. The van der Waals surface area contributed by atoms with Crippen LogP contribution in [0.4, 0.5) is 5.13 Å². The summed E-state index contributed by atoms with van der Waals surface area (Å²) >= 11 is 13.6. The van der Waals surface area contributed by atoms with Crippen LogP contribution in [0.2, 0.25) is 10.0 Å². The molecule has 134 valence electrons. The summed E-state index contributed by atoms with van der Waals surface area (Å²) in [5.74, 6) is 0.0275. The number of benzene rings is 2. The number of nitrogens with one attached hydrogen (secondary N) is 1. The Balaban J connectivity index is 1.67. The summed E-state index contributed by atoms with van der Waals surface area (Å²) in [7, 11) is 0. The average molecular weight is 405 g/mol. The lowest BCUT2D eigenvalue weighted by molar-refractivity contribution is -0.122. The number of hydrogen-bond donors (Lipinski definition) is 1. The van der Waals surface area contributed by atoms with Crippen molar-refractivity contribution in [2.75, 3.05) is 5.32 Å². The van der Waals surface area contributed by atoms with Crippen molar-refractivity contribution in [3.63, 3.8) is 0 Å². The fourth-order valence-corrected chi connectivity index (χ4v) is 5.02. The molecule has 3 nitrogen and oxygen atoms in total. The lowest BCUT2D eigenvalue weighted by Crippen LogP contribution is -2.42. The Kier molecular flexibility index (Phi) is 4.91. The van der Waals surface area contributed by atoms with Gasteiger partial charge >= 0.3 is 0 Å². The van der Waals surface area contributed by atoms with Gasteiger partial charge in [0.2, 0.25) is 5.91 Å². The molecule has 1 aliphatic carbocycles. The zero-order chi connectivity index (χ0) is 18.1. The highest BCUT2D eigenvalue weighted by Crippen LogP contribution is 2.41.